The Balaban J connectivity index is 2.48. The van der Waals surface area contributed by atoms with Gasteiger partial charge in [-0.1, -0.05) is 6.08 Å². The molecule has 0 N–H and O–H groups in total. The summed E-state index contributed by atoms with van der Waals surface area (Å²) in [4.78, 5) is 25.1. The van der Waals surface area contributed by atoms with E-state index in [9.17, 15) is 9.59 Å². The first-order valence-corrected chi connectivity index (χ1v) is 7.99. The molecule has 23 heavy (non-hydrogen) atoms. The van der Waals surface area contributed by atoms with E-state index in [1.54, 1.807) is 25.3 Å². The molecule has 1 aliphatic heterocycles. The van der Waals surface area contributed by atoms with Gasteiger partial charge in [-0.3, -0.25) is 14.5 Å². The van der Waals surface area contributed by atoms with Gasteiger partial charge in [0.15, 0.2) is 11.5 Å². The third-order valence-corrected chi connectivity index (χ3v) is 4.27. The lowest BCUT2D eigenvalue weighted by Crippen LogP contribution is -2.22. The molecule has 1 heterocycles. The summed E-state index contributed by atoms with van der Waals surface area (Å²) in [6.45, 7) is 6.14. The number of carbonyl (C=O) groups excluding carboxylic acids is 2. The van der Waals surface area contributed by atoms with Crippen LogP contribution in [-0.2, 0) is 11.2 Å². The molecule has 1 saturated heterocycles. The number of rotatable bonds is 6. The van der Waals surface area contributed by atoms with Crippen molar-refractivity contribution in [1.82, 2.24) is 4.90 Å². The van der Waals surface area contributed by atoms with Crippen LogP contribution in [0.1, 0.15) is 18.1 Å². The van der Waals surface area contributed by atoms with Crippen LogP contribution in [-0.4, -0.2) is 36.8 Å². The quantitative estimate of drug-likeness (QED) is 0.589. The number of imide groups is 1. The summed E-state index contributed by atoms with van der Waals surface area (Å²) < 4.78 is 11.1. The monoisotopic (exact) mass is 333 g/mol. The molecule has 0 atom stereocenters. The number of thioether (sulfide) groups is 1. The van der Waals surface area contributed by atoms with Gasteiger partial charge in [-0.05, 0) is 48.9 Å². The fourth-order valence-corrected chi connectivity index (χ4v) is 3.09. The smallest absolute Gasteiger partial charge is 0.293 e. The highest BCUT2D eigenvalue weighted by Crippen LogP contribution is 2.36. The number of hydrogen-bond donors (Lipinski definition) is 0. The van der Waals surface area contributed by atoms with Gasteiger partial charge in [-0.2, -0.15) is 0 Å². The highest BCUT2D eigenvalue weighted by atomic mass is 32.2. The molecule has 6 heteroatoms. The highest BCUT2D eigenvalue weighted by molar-refractivity contribution is 8.18. The van der Waals surface area contributed by atoms with Crippen molar-refractivity contribution in [3.8, 4) is 11.5 Å². The normalized spacial score (nSPS) is 16.1. The number of likely N-dealkylation sites (N-methyl/N-ethyl adjacent to an activating group) is 1. The molecule has 1 aromatic rings. The van der Waals surface area contributed by atoms with Gasteiger partial charge < -0.3 is 9.47 Å². The predicted molar refractivity (Wildman–Crippen MR) is 91.8 cm³/mol. The molecule has 0 radical (unpaired) electrons. The van der Waals surface area contributed by atoms with Crippen molar-refractivity contribution in [2.45, 2.75) is 13.3 Å². The Hall–Kier alpha value is -2.21. The summed E-state index contributed by atoms with van der Waals surface area (Å²) in [7, 11) is 3.06. The molecule has 2 amide bonds. The maximum absolute atomic E-state index is 12.0. The van der Waals surface area contributed by atoms with E-state index in [-0.39, 0.29) is 11.1 Å². The zero-order valence-corrected chi connectivity index (χ0v) is 14.2. The van der Waals surface area contributed by atoms with E-state index in [0.29, 0.717) is 29.4 Å². The van der Waals surface area contributed by atoms with Crippen LogP contribution in [0.25, 0.3) is 6.08 Å². The van der Waals surface area contributed by atoms with E-state index in [1.807, 2.05) is 13.0 Å². The third-order valence-electron chi connectivity index (χ3n) is 3.31. The summed E-state index contributed by atoms with van der Waals surface area (Å²) >= 11 is 0.931. The maximum Gasteiger partial charge on any atom is 0.293 e. The molecular weight excluding hydrogens is 314 g/mol. The first-order valence-electron chi connectivity index (χ1n) is 7.18. The Morgan fingerprint density at radius 1 is 1.35 bits per heavy atom. The van der Waals surface area contributed by atoms with Crippen LogP contribution in [0, 0.1) is 0 Å². The van der Waals surface area contributed by atoms with Crippen LogP contribution in [0.3, 0.4) is 0 Å². The summed E-state index contributed by atoms with van der Waals surface area (Å²) in [5.74, 6) is 0.975. The van der Waals surface area contributed by atoms with E-state index >= 15 is 0 Å². The van der Waals surface area contributed by atoms with Gasteiger partial charge in [-0.25, -0.2) is 0 Å². The van der Waals surface area contributed by atoms with Crippen LogP contribution in [0.4, 0.5) is 4.79 Å². The molecule has 1 aliphatic rings. The Morgan fingerprint density at radius 3 is 2.61 bits per heavy atom. The molecule has 122 valence electrons. The predicted octanol–water partition coefficient (Wildman–Crippen LogP) is 3.49. The van der Waals surface area contributed by atoms with Crippen molar-refractivity contribution in [3.63, 3.8) is 0 Å². The van der Waals surface area contributed by atoms with Crippen molar-refractivity contribution in [1.29, 1.82) is 0 Å². The highest BCUT2D eigenvalue weighted by Gasteiger charge is 2.31. The first-order chi connectivity index (χ1) is 11.0. The Morgan fingerprint density at radius 2 is 2.09 bits per heavy atom. The van der Waals surface area contributed by atoms with Gasteiger partial charge in [0.05, 0.1) is 18.6 Å². The van der Waals surface area contributed by atoms with Crippen molar-refractivity contribution in [2.75, 3.05) is 20.8 Å². The minimum Gasteiger partial charge on any atom is -0.493 e. The number of amides is 2. The Bertz CT molecular complexity index is 681. The fraction of sp³-hybridized carbons (Fsp3) is 0.294. The SMILES string of the molecule is C=CCc1cc(C=C2SC(=O)N(C)C2=O)cc(OCC)c1OC. The zero-order valence-electron chi connectivity index (χ0n) is 13.4. The molecule has 0 aromatic heterocycles. The van der Waals surface area contributed by atoms with Crippen molar-refractivity contribution >= 4 is 29.0 Å². The number of nitrogens with zero attached hydrogens (tertiary/aromatic N) is 1. The summed E-state index contributed by atoms with van der Waals surface area (Å²) in [6, 6.07) is 3.71. The lowest BCUT2D eigenvalue weighted by atomic mass is 10.0. The van der Waals surface area contributed by atoms with Gasteiger partial charge >= 0.3 is 0 Å². The summed E-state index contributed by atoms with van der Waals surface area (Å²) in [5.41, 5.74) is 1.69. The largest absolute Gasteiger partial charge is 0.493 e. The topological polar surface area (TPSA) is 55.8 Å². The Labute approximate surface area is 139 Å². The number of allylic oxidation sites excluding steroid dienone is 1. The number of carbonyl (C=O) groups is 2. The van der Waals surface area contributed by atoms with Gasteiger partial charge in [0, 0.05) is 12.6 Å². The van der Waals surface area contributed by atoms with Crippen molar-refractivity contribution < 1.29 is 19.1 Å². The van der Waals surface area contributed by atoms with Crippen molar-refractivity contribution in [2.24, 2.45) is 0 Å². The van der Waals surface area contributed by atoms with E-state index in [4.69, 9.17) is 9.47 Å². The Kier molecular flexibility index (Phi) is 5.50. The average molecular weight is 333 g/mol. The van der Waals surface area contributed by atoms with E-state index in [0.717, 1.165) is 27.8 Å². The molecule has 0 bridgehead atoms. The molecule has 0 unspecified atom stereocenters. The van der Waals surface area contributed by atoms with Crippen LogP contribution < -0.4 is 9.47 Å². The standard InChI is InChI=1S/C17H19NO4S/c1-5-7-12-8-11(9-13(22-6-2)15(12)21-4)10-14-16(19)18(3)17(20)23-14/h5,8-10H,1,6-7H2,2-4H3. The van der Waals surface area contributed by atoms with Gasteiger partial charge in [0.1, 0.15) is 0 Å². The molecule has 1 aromatic carbocycles. The summed E-state index contributed by atoms with van der Waals surface area (Å²) in [5, 5.41) is -0.272. The number of ether oxygens (including phenoxy) is 2. The second-order valence-electron chi connectivity index (χ2n) is 4.88. The lowest BCUT2D eigenvalue weighted by molar-refractivity contribution is -0.121. The maximum atomic E-state index is 12.0. The lowest BCUT2D eigenvalue weighted by Gasteiger charge is -2.14. The van der Waals surface area contributed by atoms with E-state index in [2.05, 4.69) is 6.58 Å². The van der Waals surface area contributed by atoms with Crippen LogP contribution in [0.15, 0.2) is 29.7 Å². The average Bonchev–Trinajstić information content (AvgIpc) is 2.75. The first kappa shape index (κ1) is 17.1. The number of methoxy groups -OCH3 is 1. The second-order valence-corrected chi connectivity index (χ2v) is 5.87. The minimum absolute atomic E-state index is 0.272. The zero-order chi connectivity index (χ0) is 17.0. The van der Waals surface area contributed by atoms with Crippen LogP contribution in [0.2, 0.25) is 0 Å². The number of benzene rings is 1. The van der Waals surface area contributed by atoms with Gasteiger partial charge in [0.2, 0.25) is 0 Å². The van der Waals surface area contributed by atoms with E-state index < -0.39 is 0 Å². The molecule has 0 aliphatic carbocycles. The molecule has 0 saturated carbocycles. The molecule has 5 nitrogen and oxygen atoms in total. The molecule has 2 rings (SSSR count). The van der Waals surface area contributed by atoms with Crippen LogP contribution >= 0.6 is 11.8 Å². The second kappa shape index (κ2) is 7.37. The molecular formula is C17H19NO4S. The third kappa shape index (κ3) is 3.59. The van der Waals surface area contributed by atoms with Crippen LogP contribution in [0.5, 0.6) is 11.5 Å². The van der Waals surface area contributed by atoms with Gasteiger partial charge in [0.25, 0.3) is 11.1 Å². The fourth-order valence-electron chi connectivity index (χ4n) is 2.27. The summed E-state index contributed by atoms with van der Waals surface area (Å²) in [6.07, 6.45) is 4.08. The molecule has 1 fully saturated rings. The molecule has 0 spiro atoms. The van der Waals surface area contributed by atoms with Gasteiger partial charge in [-0.15, -0.1) is 6.58 Å². The van der Waals surface area contributed by atoms with Crippen molar-refractivity contribution in [3.05, 3.63) is 40.8 Å². The number of hydrogen-bond acceptors (Lipinski definition) is 5. The van der Waals surface area contributed by atoms with E-state index in [1.165, 1.54) is 7.05 Å². The minimum atomic E-state index is -0.293.